The normalized spacial score (nSPS) is 23.9. The van der Waals surface area contributed by atoms with Gasteiger partial charge in [0.15, 0.2) is 6.79 Å². The first-order chi connectivity index (χ1) is 8.42. The molecule has 3 rings (SSSR count). The number of fused-ring (bicyclic) bond motifs is 1. The van der Waals surface area contributed by atoms with Crippen molar-refractivity contribution in [3.63, 3.8) is 0 Å². The van der Waals surface area contributed by atoms with Gasteiger partial charge >= 0.3 is 0 Å². The van der Waals surface area contributed by atoms with Gasteiger partial charge in [-0.15, -0.1) is 0 Å². The molecule has 3 heteroatoms. The van der Waals surface area contributed by atoms with Crippen molar-refractivity contribution in [2.75, 3.05) is 13.3 Å². The van der Waals surface area contributed by atoms with Gasteiger partial charge in [0.1, 0.15) is 5.75 Å². The van der Waals surface area contributed by atoms with Crippen LogP contribution in [0.15, 0.2) is 18.2 Å². The van der Waals surface area contributed by atoms with Gasteiger partial charge in [0.2, 0.25) is 0 Å². The summed E-state index contributed by atoms with van der Waals surface area (Å²) in [7, 11) is 0. The van der Waals surface area contributed by atoms with Crippen LogP contribution in [0.25, 0.3) is 0 Å². The number of hydrogen-bond acceptors (Lipinski definition) is 3. The third kappa shape index (κ3) is 2.61. The maximum Gasteiger partial charge on any atom is 0.189 e. The molecule has 2 heterocycles. The van der Waals surface area contributed by atoms with E-state index in [2.05, 4.69) is 23.5 Å². The van der Waals surface area contributed by atoms with E-state index in [1.165, 1.54) is 36.9 Å². The van der Waals surface area contributed by atoms with E-state index in [4.69, 9.17) is 9.47 Å². The van der Waals surface area contributed by atoms with Crippen LogP contribution in [-0.4, -0.2) is 19.4 Å². The first kappa shape index (κ1) is 11.1. The lowest BCUT2D eigenvalue weighted by Crippen LogP contribution is -2.35. The van der Waals surface area contributed by atoms with Crippen molar-refractivity contribution in [1.29, 1.82) is 0 Å². The van der Waals surface area contributed by atoms with E-state index in [0.29, 0.717) is 19.4 Å². The van der Waals surface area contributed by atoms with Crippen LogP contribution in [0, 0.1) is 0 Å². The summed E-state index contributed by atoms with van der Waals surface area (Å²) >= 11 is 0. The maximum atomic E-state index is 5.43. The molecule has 0 saturated carbocycles. The summed E-state index contributed by atoms with van der Waals surface area (Å²) in [4.78, 5) is 0. The van der Waals surface area contributed by atoms with Gasteiger partial charge < -0.3 is 14.8 Å². The molecule has 2 aliphatic rings. The van der Waals surface area contributed by atoms with Gasteiger partial charge in [-0.3, -0.25) is 0 Å². The maximum absolute atomic E-state index is 5.43. The van der Waals surface area contributed by atoms with E-state index < -0.39 is 0 Å². The Kier molecular flexibility index (Phi) is 3.29. The summed E-state index contributed by atoms with van der Waals surface area (Å²) in [6.45, 7) is 2.24. The van der Waals surface area contributed by atoms with Crippen LogP contribution in [0.4, 0.5) is 0 Å². The lowest BCUT2D eigenvalue weighted by atomic mass is 9.96. The van der Waals surface area contributed by atoms with E-state index in [-0.39, 0.29) is 0 Å². The van der Waals surface area contributed by atoms with Gasteiger partial charge in [-0.2, -0.15) is 0 Å². The molecule has 1 aromatic rings. The zero-order chi connectivity index (χ0) is 11.5. The molecule has 92 valence electrons. The molecule has 0 bridgehead atoms. The Morgan fingerprint density at radius 3 is 3.18 bits per heavy atom. The van der Waals surface area contributed by atoms with Crippen molar-refractivity contribution in [3.05, 3.63) is 29.3 Å². The van der Waals surface area contributed by atoms with Crippen LogP contribution < -0.4 is 10.1 Å². The molecular weight excluding hydrogens is 214 g/mol. The molecule has 1 atom stereocenters. The Balaban J connectivity index is 1.70. The monoisotopic (exact) mass is 233 g/mol. The molecular formula is C14H19NO2. The minimum atomic E-state index is 0.385. The number of benzene rings is 1. The smallest absolute Gasteiger partial charge is 0.189 e. The average Bonchev–Trinajstić information content (AvgIpc) is 2.40. The molecule has 1 unspecified atom stereocenters. The van der Waals surface area contributed by atoms with E-state index in [0.717, 1.165) is 12.2 Å². The highest BCUT2D eigenvalue weighted by Crippen LogP contribution is 2.25. The van der Waals surface area contributed by atoms with Gasteiger partial charge in [0, 0.05) is 11.6 Å². The number of piperidine rings is 1. The summed E-state index contributed by atoms with van der Waals surface area (Å²) < 4.78 is 10.7. The minimum Gasteiger partial charge on any atom is -0.467 e. The summed E-state index contributed by atoms with van der Waals surface area (Å²) in [6, 6.07) is 7.13. The number of rotatable bonds is 2. The number of nitrogens with one attached hydrogen (secondary N) is 1. The van der Waals surface area contributed by atoms with Crippen molar-refractivity contribution in [1.82, 2.24) is 5.32 Å². The third-order valence-electron chi connectivity index (χ3n) is 3.57. The molecule has 0 aliphatic carbocycles. The van der Waals surface area contributed by atoms with E-state index in [9.17, 15) is 0 Å². The molecule has 0 spiro atoms. The topological polar surface area (TPSA) is 30.5 Å². The fourth-order valence-electron chi connectivity index (χ4n) is 2.65. The number of hydrogen-bond donors (Lipinski definition) is 1. The van der Waals surface area contributed by atoms with Crippen LogP contribution in [-0.2, 0) is 17.8 Å². The van der Waals surface area contributed by atoms with Crippen LogP contribution >= 0.6 is 0 Å². The van der Waals surface area contributed by atoms with Crippen LogP contribution in [0.3, 0.4) is 0 Å². The summed E-state index contributed by atoms with van der Waals surface area (Å²) in [5.74, 6) is 0.983. The van der Waals surface area contributed by atoms with E-state index in [1.54, 1.807) is 0 Å². The van der Waals surface area contributed by atoms with Gasteiger partial charge in [-0.05, 0) is 43.5 Å². The van der Waals surface area contributed by atoms with Gasteiger partial charge in [0.25, 0.3) is 0 Å². The zero-order valence-electron chi connectivity index (χ0n) is 10.1. The van der Waals surface area contributed by atoms with E-state index >= 15 is 0 Å². The second kappa shape index (κ2) is 5.07. The Morgan fingerprint density at radius 2 is 2.29 bits per heavy atom. The van der Waals surface area contributed by atoms with Crippen molar-refractivity contribution in [2.45, 2.75) is 38.3 Å². The SMILES string of the molecule is c1cc2c(cc1CC1CCCCN1)COCO2. The van der Waals surface area contributed by atoms with Gasteiger partial charge in [0.05, 0.1) is 6.61 Å². The summed E-state index contributed by atoms with van der Waals surface area (Å²) in [5, 5.41) is 3.59. The van der Waals surface area contributed by atoms with Crippen LogP contribution in [0.2, 0.25) is 0 Å². The molecule has 1 fully saturated rings. The lowest BCUT2D eigenvalue weighted by molar-refractivity contribution is -0.0164. The Hall–Kier alpha value is -1.06. The van der Waals surface area contributed by atoms with Gasteiger partial charge in [-0.25, -0.2) is 0 Å². The molecule has 2 aliphatic heterocycles. The predicted molar refractivity (Wildman–Crippen MR) is 66.1 cm³/mol. The van der Waals surface area contributed by atoms with Crippen molar-refractivity contribution < 1.29 is 9.47 Å². The highest BCUT2D eigenvalue weighted by atomic mass is 16.7. The Bertz CT molecular complexity index is 386. The Morgan fingerprint density at radius 1 is 1.29 bits per heavy atom. The van der Waals surface area contributed by atoms with Crippen molar-refractivity contribution >= 4 is 0 Å². The van der Waals surface area contributed by atoms with Crippen LogP contribution in [0.1, 0.15) is 30.4 Å². The van der Waals surface area contributed by atoms with Crippen LogP contribution in [0.5, 0.6) is 5.75 Å². The fourth-order valence-corrected chi connectivity index (χ4v) is 2.65. The highest BCUT2D eigenvalue weighted by molar-refractivity contribution is 5.37. The highest BCUT2D eigenvalue weighted by Gasteiger charge is 2.15. The van der Waals surface area contributed by atoms with E-state index in [1.807, 2.05) is 0 Å². The first-order valence-electron chi connectivity index (χ1n) is 6.47. The second-order valence-corrected chi connectivity index (χ2v) is 4.90. The Labute approximate surface area is 102 Å². The molecule has 3 nitrogen and oxygen atoms in total. The van der Waals surface area contributed by atoms with Crippen molar-refractivity contribution in [3.8, 4) is 5.75 Å². The molecule has 0 amide bonds. The largest absolute Gasteiger partial charge is 0.467 e. The zero-order valence-corrected chi connectivity index (χ0v) is 10.1. The molecule has 17 heavy (non-hydrogen) atoms. The standard InChI is InChI=1S/C14H19NO2/c1-2-6-15-13(3-1)8-11-4-5-14-12(7-11)9-16-10-17-14/h4-5,7,13,15H,1-3,6,8-10H2. The molecule has 1 N–H and O–H groups in total. The lowest BCUT2D eigenvalue weighted by Gasteiger charge is -2.24. The third-order valence-corrected chi connectivity index (χ3v) is 3.57. The number of ether oxygens (including phenoxy) is 2. The molecule has 1 aromatic carbocycles. The fraction of sp³-hybridized carbons (Fsp3) is 0.571. The van der Waals surface area contributed by atoms with Gasteiger partial charge in [-0.1, -0.05) is 12.5 Å². The summed E-state index contributed by atoms with van der Waals surface area (Å²) in [6.07, 6.45) is 5.09. The first-order valence-corrected chi connectivity index (χ1v) is 6.47. The van der Waals surface area contributed by atoms with Crippen molar-refractivity contribution in [2.24, 2.45) is 0 Å². The minimum absolute atomic E-state index is 0.385. The molecule has 0 aromatic heterocycles. The summed E-state index contributed by atoms with van der Waals surface area (Å²) in [5.41, 5.74) is 2.57. The molecule has 0 radical (unpaired) electrons. The quantitative estimate of drug-likeness (QED) is 0.849. The second-order valence-electron chi connectivity index (χ2n) is 4.90. The molecule has 1 saturated heterocycles. The predicted octanol–water partition coefficient (Wildman–Crippen LogP) is 2.24. The average molecular weight is 233 g/mol.